The van der Waals surface area contributed by atoms with Crippen molar-refractivity contribution >= 4 is 0 Å². The zero-order valence-corrected chi connectivity index (χ0v) is 16.6. The van der Waals surface area contributed by atoms with E-state index in [1.807, 2.05) is 12.4 Å². The van der Waals surface area contributed by atoms with Crippen molar-refractivity contribution in [2.24, 2.45) is 5.92 Å². The highest BCUT2D eigenvalue weighted by Crippen LogP contribution is 2.35. The lowest BCUT2D eigenvalue weighted by Crippen LogP contribution is -2.47. The second-order valence-corrected chi connectivity index (χ2v) is 8.88. The lowest BCUT2D eigenvalue weighted by atomic mass is 9.83. The molecule has 2 aromatic rings. The van der Waals surface area contributed by atoms with Gasteiger partial charge < -0.3 is 4.57 Å². The summed E-state index contributed by atoms with van der Waals surface area (Å²) in [5.41, 5.74) is 3.83. The van der Waals surface area contributed by atoms with Gasteiger partial charge in [0.05, 0.1) is 0 Å². The fraction of sp³-hybridized carbons (Fsp3) is 0.565. The molecule has 3 aliphatic rings. The number of fused-ring (bicyclic) bond motifs is 4. The molecule has 5 rings (SSSR count). The average molecular weight is 379 g/mol. The predicted octanol–water partition coefficient (Wildman–Crippen LogP) is 2.85. The number of nitrogens with zero attached hydrogens (tertiary/aromatic N) is 4. The van der Waals surface area contributed by atoms with Crippen LogP contribution in [0.1, 0.15) is 48.4 Å². The van der Waals surface area contributed by atoms with Gasteiger partial charge >= 0.3 is 0 Å². The van der Waals surface area contributed by atoms with Gasteiger partial charge in [0.15, 0.2) is 0 Å². The lowest BCUT2D eigenvalue weighted by molar-refractivity contribution is 0.114. The number of rotatable bonds is 4. The van der Waals surface area contributed by atoms with Gasteiger partial charge in [-0.2, -0.15) is 0 Å². The summed E-state index contributed by atoms with van der Waals surface area (Å²) in [5.74, 6) is 1.06. The molecular weight excluding hydrogens is 348 g/mol. The highest BCUT2D eigenvalue weighted by molar-refractivity contribution is 5.23. The molecule has 2 aromatic heterocycles. The third kappa shape index (κ3) is 3.65. The molecule has 2 atom stereocenters. The van der Waals surface area contributed by atoms with Gasteiger partial charge in [-0.05, 0) is 62.0 Å². The minimum atomic E-state index is 0.264. The lowest BCUT2D eigenvalue weighted by Gasteiger charge is -2.43. The molecule has 0 amide bonds. The van der Waals surface area contributed by atoms with Crippen LogP contribution in [0.2, 0.25) is 0 Å². The van der Waals surface area contributed by atoms with Crippen molar-refractivity contribution in [1.82, 2.24) is 19.4 Å². The molecule has 0 aliphatic carbocycles. The number of piperidine rings is 2. The molecule has 5 heterocycles. The largest absolute Gasteiger partial charge is 0.312 e. The molecule has 0 saturated carbocycles. The van der Waals surface area contributed by atoms with E-state index in [1.54, 1.807) is 0 Å². The van der Waals surface area contributed by atoms with E-state index in [-0.39, 0.29) is 5.56 Å². The summed E-state index contributed by atoms with van der Waals surface area (Å²) in [6.07, 6.45) is 8.84. The number of likely N-dealkylation sites (tertiary alicyclic amines) is 2. The topological polar surface area (TPSA) is 41.4 Å². The molecule has 0 radical (unpaired) electrons. The fourth-order valence-corrected chi connectivity index (χ4v) is 5.44. The Labute approximate surface area is 167 Å². The van der Waals surface area contributed by atoms with E-state index < -0.39 is 0 Å². The summed E-state index contributed by atoms with van der Waals surface area (Å²) in [4.78, 5) is 22.3. The van der Waals surface area contributed by atoms with Crippen LogP contribution in [-0.2, 0) is 19.6 Å². The smallest absolute Gasteiger partial charge is 0.255 e. The highest BCUT2D eigenvalue weighted by Gasteiger charge is 2.35. The van der Waals surface area contributed by atoms with E-state index >= 15 is 0 Å². The van der Waals surface area contributed by atoms with Crippen molar-refractivity contribution in [1.29, 1.82) is 0 Å². The van der Waals surface area contributed by atoms with E-state index in [9.17, 15) is 4.79 Å². The summed E-state index contributed by atoms with van der Waals surface area (Å²) in [5, 5.41) is 0. The van der Waals surface area contributed by atoms with Crippen LogP contribution < -0.4 is 5.56 Å². The van der Waals surface area contributed by atoms with Crippen molar-refractivity contribution in [3.8, 4) is 0 Å². The van der Waals surface area contributed by atoms with Crippen molar-refractivity contribution < 1.29 is 0 Å². The first-order valence-electron chi connectivity index (χ1n) is 10.8. The standard InChI is InChI=1S/C23H30N4O/c28-23-20(16-25-10-2-1-3-11-25)4-5-22-21-12-19(15-27(22)23)14-26(17-21)13-18-6-8-24-9-7-18/h4-9,19,21H,1-3,10-17H2/t19-,21+/m0/s1. The van der Waals surface area contributed by atoms with Crippen LogP contribution in [0.15, 0.2) is 41.5 Å². The monoisotopic (exact) mass is 378 g/mol. The molecule has 0 aromatic carbocycles. The Morgan fingerprint density at radius 3 is 2.54 bits per heavy atom. The maximum absolute atomic E-state index is 13.2. The molecule has 5 nitrogen and oxygen atoms in total. The molecule has 28 heavy (non-hydrogen) atoms. The van der Waals surface area contributed by atoms with Gasteiger partial charge in [-0.3, -0.25) is 19.6 Å². The van der Waals surface area contributed by atoms with Crippen LogP contribution in [0, 0.1) is 5.92 Å². The van der Waals surface area contributed by atoms with Crippen LogP contribution in [0.4, 0.5) is 0 Å². The van der Waals surface area contributed by atoms with Gasteiger partial charge in [-0.1, -0.05) is 12.5 Å². The Kier molecular flexibility index (Phi) is 5.03. The number of aromatic nitrogens is 2. The molecule has 148 valence electrons. The van der Waals surface area contributed by atoms with Crippen LogP contribution in [0.3, 0.4) is 0 Å². The summed E-state index contributed by atoms with van der Waals surface area (Å²) >= 11 is 0. The fourth-order valence-electron chi connectivity index (χ4n) is 5.44. The Balaban J connectivity index is 1.34. The maximum Gasteiger partial charge on any atom is 0.255 e. The summed E-state index contributed by atoms with van der Waals surface area (Å²) in [6, 6.07) is 8.58. The predicted molar refractivity (Wildman–Crippen MR) is 110 cm³/mol. The first kappa shape index (κ1) is 18.1. The molecule has 0 spiro atoms. The number of hydrogen-bond donors (Lipinski definition) is 0. The van der Waals surface area contributed by atoms with E-state index in [0.29, 0.717) is 11.8 Å². The summed E-state index contributed by atoms with van der Waals surface area (Å²) in [6.45, 7) is 7.08. The molecule has 2 fully saturated rings. The van der Waals surface area contributed by atoms with E-state index in [4.69, 9.17) is 0 Å². The van der Waals surface area contributed by atoms with Gasteiger partial charge in [0.2, 0.25) is 0 Å². The minimum Gasteiger partial charge on any atom is -0.312 e. The molecule has 5 heteroatoms. The first-order valence-corrected chi connectivity index (χ1v) is 10.8. The number of hydrogen-bond acceptors (Lipinski definition) is 4. The highest BCUT2D eigenvalue weighted by atomic mass is 16.1. The molecule has 0 N–H and O–H groups in total. The van der Waals surface area contributed by atoms with Gasteiger partial charge in [-0.25, -0.2) is 0 Å². The van der Waals surface area contributed by atoms with E-state index in [1.165, 1.54) is 36.9 Å². The second-order valence-electron chi connectivity index (χ2n) is 8.88. The minimum absolute atomic E-state index is 0.264. The SMILES string of the molecule is O=c1c(CN2CCCCC2)ccc2n1C[C@H]1C[C@@H]2CN(Cc2ccncc2)C1. The molecule has 3 aliphatic heterocycles. The van der Waals surface area contributed by atoms with Crippen LogP contribution >= 0.6 is 0 Å². The van der Waals surface area contributed by atoms with Crippen molar-refractivity contribution in [2.45, 2.75) is 51.2 Å². The Morgan fingerprint density at radius 1 is 0.893 bits per heavy atom. The van der Waals surface area contributed by atoms with Crippen LogP contribution in [0.5, 0.6) is 0 Å². The van der Waals surface area contributed by atoms with Crippen LogP contribution in [0.25, 0.3) is 0 Å². The first-order chi connectivity index (χ1) is 13.8. The summed E-state index contributed by atoms with van der Waals surface area (Å²) < 4.78 is 2.11. The zero-order valence-electron chi connectivity index (χ0n) is 16.6. The zero-order chi connectivity index (χ0) is 18.9. The van der Waals surface area contributed by atoms with E-state index in [0.717, 1.165) is 51.4 Å². The Bertz CT molecular complexity index is 872. The van der Waals surface area contributed by atoms with Gasteiger partial charge in [0.1, 0.15) is 0 Å². The van der Waals surface area contributed by atoms with E-state index in [2.05, 4.69) is 43.6 Å². The summed E-state index contributed by atoms with van der Waals surface area (Å²) in [7, 11) is 0. The van der Waals surface area contributed by atoms with Crippen molar-refractivity contribution in [3.05, 3.63) is 63.8 Å². The second kappa shape index (κ2) is 7.80. The molecule has 2 bridgehead atoms. The Morgan fingerprint density at radius 2 is 1.71 bits per heavy atom. The molecule has 0 unspecified atom stereocenters. The molecular formula is C23H30N4O. The van der Waals surface area contributed by atoms with Gasteiger partial charge in [0, 0.05) is 62.3 Å². The van der Waals surface area contributed by atoms with Crippen molar-refractivity contribution in [3.63, 3.8) is 0 Å². The third-order valence-electron chi connectivity index (χ3n) is 6.76. The average Bonchev–Trinajstić information content (AvgIpc) is 2.72. The third-order valence-corrected chi connectivity index (χ3v) is 6.76. The maximum atomic E-state index is 13.2. The Hall–Kier alpha value is -1.98. The van der Waals surface area contributed by atoms with Gasteiger partial charge in [-0.15, -0.1) is 0 Å². The molecule has 2 saturated heterocycles. The van der Waals surface area contributed by atoms with Gasteiger partial charge in [0.25, 0.3) is 5.56 Å². The van der Waals surface area contributed by atoms with Crippen LogP contribution in [-0.4, -0.2) is 45.5 Å². The van der Waals surface area contributed by atoms with Crippen molar-refractivity contribution in [2.75, 3.05) is 26.2 Å². The number of pyridine rings is 2. The normalized spacial score (nSPS) is 25.4. The quantitative estimate of drug-likeness (QED) is 0.820.